The Bertz CT molecular complexity index is 104. The van der Waals surface area contributed by atoms with Gasteiger partial charge in [-0.1, -0.05) is 13.8 Å². The van der Waals surface area contributed by atoms with Gasteiger partial charge in [-0.15, -0.1) is 0 Å². The quantitative estimate of drug-likeness (QED) is 0.624. The molecule has 1 heterocycles. The van der Waals surface area contributed by atoms with Crippen LogP contribution in [0.15, 0.2) is 0 Å². The fourth-order valence-electron chi connectivity index (χ4n) is 1.51. The van der Waals surface area contributed by atoms with Gasteiger partial charge in [-0.05, 0) is 13.3 Å². The van der Waals surface area contributed by atoms with Crippen LogP contribution in [0.2, 0.25) is 0 Å². The summed E-state index contributed by atoms with van der Waals surface area (Å²) in [7, 11) is 0. The minimum Gasteiger partial charge on any atom is -0.375 e. The Balaban J connectivity index is 2.29. The summed E-state index contributed by atoms with van der Waals surface area (Å²) in [6.45, 7) is 8.12. The third kappa shape index (κ3) is 2.17. The highest BCUT2D eigenvalue weighted by atomic mass is 16.6. The van der Waals surface area contributed by atoms with E-state index in [-0.39, 0.29) is 6.10 Å². The summed E-state index contributed by atoms with van der Waals surface area (Å²) in [6, 6.07) is 0. The lowest BCUT2D eigenvalue weighted by Gasteiger charge is -2.17. The van der Waals surface area contributed by atoms with Crippen LogP contribution < -0.4 is 0 Å². The molecule has 66 valence electrons. The molecule has 0 radical (unpaired) electrons. The van der Waals surface area contributed by atoms with E-state index in [0.29, 0.717) is 12.0 Å². The van der Waals surface area contributed by atoms with Crippen molar-refractivity contribution in [3.05, 3.63) is 0 Å². The maximum atomic E-state index is 5.65. The average molecular weight is 158 g/mol. The van der Waals surface area contributed by atoms with Gasteiger partial charge in [-0.2, -0.15) is 0 Å². The Morgan fingerprint density at radius 1 is 1.45 bits per heavy atom. The number of rotatable bonds is 3. The standard InChI is InChI=1S/C9H18O2/c1-4-5-10-9-7(2)6-11-8(9)3/h7-9H,4-6H2,1-3H3. The van der Waals surface area contributed by atoms with Crippen LogP contribution in [0.3, 0.4) is 0 Å². The Labute approximate surface area is 68.9 Å². The maximum Gasteiger partial charge on any atom is 0.0881 e. The van der Waals surface area contributed by atoms with Crippen molar-refractivity contribution in [1.29, 1.82) is 0 Å². The Morgan fingerprint density at radius 3 is 2.64 bits per heavy atom. The van der Waals surface area contributed by atoms with Crippen LogP contribution in [0.4, 0.5) is 0 Å². The lowest BCUT2D eigenvalue weighted by Crippen LogP contribution is -2.26. The van der Waals surface area contributed by atoms with Gasteiger partial charge < -0.3 is 9.47 Å². The molecule has 0 saturated carbocycles. The number of ether oxygens (including phenoxy) is 2. The SMILES string of the molecule is CCCOC1C(C)COC1C. The highest BCUT2D eigenvalue weighted by Gasteiger charge is 2.31. The molecule has 1 rings (SSSR count). The lowest BCUT2D eigenvalue weighted by atomic mass is 10.1. The number of hydrogen-bond donors (Lipinski definition) is 0. The topological polar surface area (TPSA) is 18.5 Å². The smallest absolute Gasteiger partial charge is 0.0881 e. The van der Waals surface area contributed by atoms with Crippen molar-refractivity contribution >= 4 is 0 Å². The fraction of sp³-hybridized carbons (Fsp3) is 1.00. The minimum absolute atomic E-state index is 0.288. The molecular weight excluding hydrogens is 140 g/mol. The summed E-state index contributed by atoms with van der Waals surface area (Å²) >= 11 is 0. The van der Waals surface area contributed by atoms with Gasteiger partial charge in [0.05, 0.1) is 18.8 Å². The van der Waals surface area contributed by atoms with E-state index in [4.69, 9.17) is 9.47 Å². The van der Waals surface area contributed by atoms with Gasteiger partial charge in [0.25, 0.3) is 0 Å². The summed E-state index contributed by atoms with van der Waals surface area (Å²) < 4.78 is 11.1. The van der Waals surface area contributed by atoms with Crippen molar-refractivity contribution in [1.82, 2.24) is 0 Å². The first-order chi connectivity index (χ1) is 5.25. The molecule has 0 spiro atoms. The molecule has 3 unspecified atom stereocenters. The molecule has 0 bridgehead atoms. The van der Waals surface area contributed by atoms with Crippen molar-refractivity contribution in [2.75, 3.05) is 13.2 Å². The van der Waals surface area contributed by atoms with Crippen LogP contribution in [0.5, 0.6) is 0 Å². The normalized spacial score (nSPS) is 37.9. The van der Waals surface area contributed by atoms with Gasteiger partial charge in [0.15, 0.2) is 0 Å². The highest BCUT2D eigenvalue weighted by Crippen LogP contribution is 2.22. The zero-order valence-electron chi connectivity index (χ0n) is 7.67. The Morgan fingerprint density at radius 2 is 2.18 bits per heavy atom. The van der Waals surface area contributed by atoms with Gasteiger partial charge in [-0.3, -0.25) is 0 Å². The van der Waals surface area contributed by atoms with Crippen LogP contribution in [0.1, 0.15) is 27.2 Å². The van der Waals surface area contributed by atoms with Gasteiger partial charge in [0, 0.05) is 12.5 Å². The molecule has 0 aromatic rings. The van der Waals surface area contributed by atoms with E-state index < -0.39 is 0 Å². The van der Waals surface area contributed by atoms with E-state index in [2.05, 4.69) is 20.8 Å². The molecule has 1 fully saturated rings. The van der Waals surface area contributed by atoms with Crippen molar-refractivity contribution < 1.29 is 9.47 Å². The molecule has 1 saturated heterocycles. The molecule has 0 amide bonds. The van der Waals surface area contributed by atoms with Crippen molar-refractivity contribution in [2.24, 2.45) is 5.92 Å². The Hall–Kier alpha value is -0.0800. The first kappa shape index (κ1) is 9.01. The molecule has 2 nitrogen and oxygen atoms in total. The Kier molecular flexibility index (Phi) is 3.34. The van der Waals surface area contributed by atoms with Crippen molar-refractivity contribution in [3.8, 4) is 0 Å². The third-order valence-corrected chi connectivity index (χ3v) is 2.16. The molecular formula is C9H18O2. The summed E-state index contributed by atoms with van der Waals surface area (Å²) in [5.74, 6) is 0.566. The zero-order valence-corrected chi connectivity index (χ0v) is 7.67. The second-order valence-corrected chi connectivity index (χ2v) is 3.35. The predicted octanol–water partition coefficient (Wildman–Crippen LogP) is 1.84. The van der Waals surface area contributed by atoms with Crippen LogP contribution in [0, 0.1) is 5.92 Å². The summed E-state index contributed by atoms with van der Waals surface area (Å²) in [5.41, 5.74) is 0. The third-order valence-electron chi connectivity index (χ3n) is 2.16. The maximum absolute atomic E-state index is 5.65. The van der Waals surface area contributed by atoms with E-state index in [1.807, 2.05) is 0 Å². The second-order valence-electron chi connectivity index (χ2n) is 3.35. The molecule has 0 aromatic carbocycles. The van der Waals surface area contributed by atoms with Crippen LogP contribution >= 0.6 is 0 Å². The predicted molar refractivity (Wildman–Crippen MR) is 44.6 cm³/mol. The molecule has 1 aliphatic rings. The molecule has 3 atom stereocenters. The van der Waals surface area contributed by atoms with E-state index >= 15 is 0 Å². The van der Waals surface area contributed by atoms with E-state index in [1.54, 1.807) is 0 Å². The lowest BCUT2D eigenvalue weighted by molar-refractivity contribution is -0.00834. The van der Waals surface area contributed by atoms with Crippen LogP contribution in [-0.2, 0) is 9.47 Å². The minimum atomic E-state index is 0.288. The molecule has 2 heteroatoms. The second kappa shape index (κ2) is 4.07. The largest absolute Gasteiger partial charge is 0.375 e. The fourth-order valence-corrected chi connectivity index (χ4v) is 1.51. The first-order valence-corrected chi connectivity index (χ1v) is 4.49. The van der Waals surface area contributed by atoms with Crippen molar-refractivity contribution in [3.63, 3.8) is 0 Å². The zero-order chi connectivity index (χ0) is 8.27. The van der Waals surface area contributed by atoms with E-state index in [0.717, 1.165) is 19.6 Å². The molecule has 11 heavy (non-hydrogen) atoms. The highest BCUT2D eigenvalue weighted by molar-refractivity contribution is 4.78. The first-order valence-electron chi connectivity index (χ1n) is 4.49. The molecule has 0 aliphatic carbocycles. The summed E-state index contributed by atoms with van der Waals surface area (Å²) in [5, 5.41) is 0. The molecule has 1 aliphatic heterocycles. The molecule has 0 aromatic heterocycles. The van der Waals surface area contributed by atoms with E-state index in [9.17, 15) is 0 Å². The van der Waals surface area contributed by atoms with Gasteiger partial charge in [-0.25, -0.2) is 0 Å². The van der Waals surface area contributed by atoms with Gasteiger partial charge in [0.1, 0.15) is 0 Å². The monoisotopic (exact) mass is 158 g/mol. The summed E-state index contributed by atoms with van der Waals surface area (Å²) in [4.78, 5) is 0. The average Bonchev–Trinajstić information content (AvgIpc) is 2.29. The van der Waals surface area contributed by atoms with Gasteiger partial charge >= 0.3 is 0 Å². The van der Waals surface area contributed by atoms with E-state index in [1.165, 1.54) is 0 Å². The van der Waals surface area contributed by atoms with Gasteiger partial charge in [0.2, 0.25) is 0 Å². The van der Waals surface area contributed by atoms with Crippen LogP contribution in [0.25, 0.3) is 0 Å². The summed E-state index contributed by atoms with van der Waals surface area (Å²) in [6.07, 6.45) is 1.71. The van der Waals surface area contributed by atoms with Crippen LogP contribution in [-0.4, -0.2) is 25.4 Å². The number of hydrogen-bond acceptors (Lipinski definition) is 2. The molecule has 0 N–H and O–H groups in total. The van der Waals surface area contributed by atoms with Crippen molar-refractivity contribution in [2.45, 2.75) is 39.4 Å².